The first kappa shape index (κ1) is 13.4. The number of carbonyl (C=O) groups is 1. The molecule has 1 atom stereocenters. The van der Waals surface area contributed by atoms with Crippen LogP contribution in [0.15, 0.2) is 28.7 Å². The van der Waals surface area contributed by atoms with Crippen molar-refractivity contribution in [1.82, 2.24) is 0 Å². The van der Waals surface area contributed by atoms with Crippen molar-refractivity contribution in [2.24, 2.45) is 5.73 Å². The topological polar surface area (TPSA) is 63.3 Å². The highest BCUT2D eigenvalue weighted by Crippen LogP contribution is 2.11. The van der Waals surface area contributed by atoms with Gasteiger partial charge < -0.3 is 10.8 Å². The van der Waals surface area contributed by atoms with Gasteiger partial charge in [-0.2, -0.15) is 0 Å². The second-order valence-electron chi connectivity index (χ2n) is 2.78. The summed E-state index contributed by atoms with van der Waals surface area (Å²) in [5, 5.41) is 8.56. The van der Waals surface area contributed by atoms with Crippen LogP contribution < -0.4 is 5.73 Å². The van der Waals surface area contributed by atoms with E-state index in [1.807, 2.05) is 24.3 Å². The molecule has 1 unspecified atom stereocenters. The molecule has 0 saturated carbocycles. The minimum absolute atomic E-state index is 0. The molecule has 3 nitrogen and oxygen atoms in total. The van der Waals surface area contributed by atoms with Crippen molar-refractivity contribution >= 4 is 34.3 Å². The summed E-state index contributed by atoms with van der Waals surface area (Å²) in [6.45, 7) is 0. The lowest BCUT2D eigenvalue weighted by molar-refractivity contribution is -0.138. The van der Waals surface area contributed by atoms with Gasteiger partial charge in [-0.1, -0.05) is 28.1 Å². The third kappa shape index (κ3) is 4.09. The van der Waals surface area contributed by atoms with Crippen molar-refractivity contribution in [2.45, 2.75) is 12.5 Å². The molecule has 0 aliphatic rings. The van der Waals surface area contributed by atoms with Crippen LogP contribution in [0.3, 0.4) is 0 Å². The number of nitrogens with two attached hydrogens (primary N) is 1. The van der Waals surface area contributed by atoms with Crippen molar-refractivity contribution in [2.75, 3.05) is 0 Å². The van der Waals surface area contributed by atoms with E-state index >= 15 is 0 Å². The lowest BCUT2D eigenvalue weighted by atomic mass is 10.1. The van der Waals surface area contributed by atoms with E-state index in [1.165, 1.54) is 0 Å². The Morgan fingerprint density at radius 1 is 1.43 bits per heavy atom. The normalized spacial score (nSPS) is 11.6. The first-order chi connectivity index (χ1) is 6.09. The molecule has 0 aliphatic carbocycles. The molecule has 1 rings (SSSR count). The van der Waals surface area contributed by atoms with Gasteiger partial charge in [-0.05, 0) is 24.1 Å². The van der Waals surface area contributed by atoms with E-state index < -0.39 is 12.0 Å². The van der Waals surface area contributed by atoms with Crippen molar-refractivity contribution in [3.05, 3.63) is 34.3 Å². The Kier molecular flexibility index (Phi) is 5.76. The van der Waals surface area contributed by atoms with Gasteiger partial charge in [0.25, 0.3) is 0 Å². The maximum atomic E-state index is 10.4. The zero-order chi connectivity index (χ0) is 9.84. The molecular weight excluding hydrogens is 269 g/mol. The number of carboxylic acid groups (broad SMARTS) is 1. The number of hydrogen-bond acceptors (Lipinski definition) is 2. The summed E-state index contributed by atoms with van der Waals surface area (Å²) in [6.07, 6.45) is 0.364. The van der Waals surface area contributed by atoms with Crippen molar-refractivity contribution in [3.63, 3.8) is 0 Å². The summed E-state index contributed by atoms with van der Waals surface area (Å²) < 4.78 is 0.972. The van der Waals surface area contributed by atoms with Crippen LogP contribution in [-0.4, -0.2) is 17.1 Å². The number of hydrogen-bond donors (Lipinski definition) is 2. The van der Waals surface area contributed by atoms with E-state index in [-0.39, 0.29) is 12.4 Å². The van der Waals surface area contributed by atoms with Gasteiger partial charge in [0.05, 0.1) is 0 Å². The number of carboxylic acids is 1. The lowest BCUT2D eigenvalue weighted by Gasteiger charge is -2.05. The van der Waals surface area contributed by atoms with Crippen LogP contribution in [0.25, 0.3) is 0 Å². The lowest BCUT2D eigenvalue weighted by Crippen LogP contribution is -2.32. The van der Waals surface area contributed by atoms with Crippen molar-refractivity contribution < 1.29 is 9.90 Å². The monoisotopic (exact) mass is 279 g/mol. The van der Waals surface area contributed by atoms with Crippen LogP contribution in [0.5, 0.6) is 0 Å². The summed E-state index contributed by atoms with van der Waals surface area (Å²) in [5.74, 6) is -0.970. The summed E-state index contributed by atoms with van der Waals surface area (Å²) in [6, 6.07) is 6.62. The molecular formula is C9H11BrClNO2. The molecule has 0 heterocycles. The van der Waals surface area contributed by atoms with Gasteiger partial charge >= 0.3 is 5.97 Å². The van der Waals surface area contributed by atoms with Crippen LogP contribution in [0, 0.1) is 0 Å². The minimum atomic E-state index is -0.970. The van der Waals surface area contributed by atoms with Gasteiger partial charge in [0.2, 0.25) is 0 Å². The summed E-state index contributed by atoms with van der Waals surface area (Å²) in [4.78, 5) is 10.4. The van der Waals surface area contributed by atoms with E-state index in [2.05, 4.69) is 15.9 Å². The molecule has 0 amide bonds. The molecule has 78 valence electrons. The second kappa shape index (κ2) is 6.01. The molecule has 3 N–H and O–H groups in total. The Labute approximate surface area is 96.8 Å². The SMILES string of the molecule is Cl.NC(Cc1ccc(Br)cc1)C(=O)O. The van der Waals surface area contributed by atoms with Gasteiger partial charge in [-0.25, -0.2) is 0 Å². The van der Waals surface area contributed by atoms with E-state index in [9.17, 15) is 4.79 Å². The van der Waals surface area contributed by atoms with Crippen LogP contribution in [-0.2, 0) is 11.2 Å². The number of aliphatic carboxylic acids is 1. The van der Waals surface area contributed by atoms with Crippen LogP contribution >= 0.6 is 28.3 Å². The minimum Gasteiger partial charge on any atom is -0.480 e. The maximum Gasteiger partial charge on any atom is 0.320 e. The highest BCUT2D eigenvalue weighted by molar-refractivity contribution is 9.10. The number of benzene rings is 1. The van der Waals surface area contributed by atoms with E-state index in [4.69, 9.17) is 10.8 Å². The van der Waals surface area contributed by atoms with Crippen molar-refractivity contribution in [3.8, 4) is 0 Å². The molecule has 0 fully saturated rings. The summed E-state index contributed by atoms with van der Waals surface area (Å²) in [5.41, 5.74) is 6.30. The largest absolute Gasteiger partial charge is 0.480 e. The molecule has 0 aromatic heterocycles. The Hall–Kier alpha value is -0.580. The molecule has 0 aliphatic heterocycles. The zero-order valence-corrected chi connectivity index (χ0v) is 9.72. The van der Waals surface area contributed by atoms with Gasteiger partial charge in [-0.15, -0.1) is 12.4 Å². The Bertz CT molecular complexity index is 302. The highest BCUT2D eigenvalue weighted by Gasteiger charge is 2.11. The molecule has 0 radical (unpaired) electrons. The Morgan fingerprint density at radius 3 is 2.36 bits per heavy atom. The molecule has 1 aromatic rings. The molecule has 0 bridgehead atoms. The molecule has 0 saturated heterocycles. The third-order valence-corrected chi connectivity index (χ3v) is 2.21. The van der Waals surface area contributed by atoms with E-state index in [0.717, 1.165) is 10.0 Å². The molecule has 5 heteroatoms. The van der Waals surface area contributed by atoms with Crippen LogP contribution in [0.2, 0.25) is 0 Å². The Morgan fingerprint density at radius 2 is 1.93 bits per heavy atom. The standard InChI is InChI=1S/C9H10BrNO2.ClH/c10-7-3-1-6(2-4-7)5-8(11)9(12)13;/h1-4,8H,5,11H2,(H,12,13);1H. The number of halogens is 2. The average molecular weight is 281 g/mol. The molecule has 14 heavy (non-hydrogen) atoms. The molecule has 1 aromatic carbocycles. The zero-order valence-electron chi connectivity index (χ0n) is 7.31. The first-order valence-electron chi connectivity index (χ1n) is 3.82. The highest BCUT2D eigenvalue weighted by atomic mass is 79.9. The quantitative estimate of drug-likeness (QED) is 0.888. The van der Waals surface area contributed by atoms with Crippen LogP contribution in [0.1, 0.15) is 5.56 Å². The van der Waals surface area contributed by atoms with Crippen LogP contribution in [0.4, 0.5) is 0 Å². The van der Waals surface area contributed by atoms with Gasteiger partial charge in [-0.3, -0.25) is 4.79 Å². The van der Waals surface area contributed by atoms with E-state index in [1.54, 1.807) is 0 Å². The predicted octanol–water partition coefficient (Wildman–Crippen LogP) is 1.83. The fraction of sp³-hybridized carbons (Fsp3) is 0.222. The average Bonchev–Trinajstić information content (AvgIpc) is 2.08. The molecule has 0 spiro atoms. The fourth-order valence-electron chi connectivity index (χ4n) is 0.962. The van der Waals surface area contributed by atoms with Gasteiger partial charge in [0, 0.05) is 4.47 Å². The van der Waals surface area contributed by atoms with Gasteiger partial charge in [0.15, 0.2) is 0 Å². The second-order valence-corrected chi connectivity index (χ2v) is 3.69. The fourth-order valence-corrected chi connectivity index (χ4v) is 1.23. The smallest absolute Gasteiger partial charge is 0.320 e. The maximum absolute atomic E-state index is 10.4. The van der Waals surface area contributed by atoms with Crippen molar-refractivity contribution in [1.29, 1.82) is 0 Å². The van der Waals surface area contributed by atoms with Gasteiger partial charge in [0.1, 0.15) is 6.04 Å². The first-order valence-corrected chi connectivity index (χ1v) is 4.61. The predicted molar refractivity (Wildman–Crippen MR) is 60.7 cm³/mol. The summed E-state index contributed by atoms with van der Waals surface area (Å²) >= 11 is 3.29. The van der Waals surface area contributed by atoms with E-state index in [0.29, 0.717) is 6.42 Å². The summed E-state index contributed by atoms with van der Waals surface area (Å²) in [7, 11) is 0. The third-order valence-electron chi connectivity index (χ3n) is 1.69. The number of rotatable bonds is 3. The Balaban J connectivity index is 0.00000169.